The van der Waals surface area contributed by atoms with Crippen LogP contribution >= 0.6 is 0 Å². The highest BCUT2D eigenvalue weighted by atomic mass is 16.3. The summed E-state index contributed by atoms with van der Waals surface area (Å²) < 4.78 is 0. The Morgan fingerprint density at radius 1 is 1.00 bits per heavy atom. The number of rotatable bonds is 1. The van der Waals surface area contributed by atoms with Crippen molar-refractivity contribution in [1.29, 1.82) is 0 Å². The van der Waals surface area contributed by atoms with Crippen LogP contribution < -0.4 is 0 Å². The van der Waals surface area contributed by atoms with Crippen molar-refractivity contribution < 1.29 is 9.90 Å². The Bertz CT molecular complexity index is 704. The number of phenolic OH excluding ortho intramolecular Hbond substituents is 1. The van der Waals surface area contributed by atoms with Gasteiger partial charge in [-0.15, -0.1) is 0 Å². The van der Waals surface area contributed by atoms with Crippen LogP contribution in [0.5, 0.6) is 5.75 Å². The van der Waals surface area contributed by atoms with E-state index in [-0.39, 0.29) is 11.5 Å². The third-order valence-corrected chi connectivity index (χ3v) is 3.69. The SMILES string of the molecule is O=C1CCCc2ccccc2N=C(c2cccc(O)c2)C1. The number of Topliss-reactive ketones (excluding diaryl/α,β-unsaturated/α-hetero) is 1. The summed E-state index contributed by atoms with van der Waals surface area (Å²) in [6.07, 6.45) is 2.63. The molecule has 3 heteroatoms. The molecular formula is C18H17NO2. The van der Waals surface area contributed by atoms with Crippen LogP contribution in [0.2, 0.25) is 0 Å². The van der Waals surface area contributed by atoms with Gasteiger partial charge in [-0.25, -0.2) is 0 Å². The highest BCUT2D eigenvalue weighted by Gasteiger charge is 2.14. The summed E-state index contributed by atoms with van der Waals surface area (Å²) in [6, 6.07) is 14.9. The zero-order chi connectivity index (χ0) is 14.7. The average molecular weight is 279 g/mol. The number of aliphatic imine (C=N–C) groups is 1. The van der Waals surface area contributed by atoms with Gasteiger partial charge in [0.25, 0.3) is 0 Å². The van der Waals surface area contributed by atoms with Crippen LogP contribution in [0.3, 0.4) is 0 Å². The number of hydrogen-bond acceptors (Lipinski definition) is 3. The molecule has 0 saturated heterocycles. The number of carbonyl (C=O) groups is 1. The van der Waals surface area contributed by atoms with E-state index in [4.69, 9.17) is 4.99 Å². The number of para-hydroxylation sites is 1. The Hall–Kier alpha value is -2.42. The van der Waals surface area contributed by atoms with E-state index >= 15 is 0 Å². The van der Waals surface area contributed by atoms with Gasteiger partial charge in [-0.05, 0) is 36.6 Å². The summed E-state index contributed by atoms with van der Waals surface area (Å²) in [7, 11) is 0. The van der Waals surface area contributed by atoms with Crippen LogP contribution in [0.15, 0.2) is 53.5 Å². The molecular weight excluding hydrogens is 262 g/mol. The molecule has 0 unspecified atom stereocenters. The van der Waals surface area contributed by atoms with Crippen molar-refractivity contribution in [2.45, 2.75) is 25.7 Å². The van der Waals surface area contributed by atoms with Crippen LogP contribution in [0.1, 0.15) is 30.4 Å². The lowest BCUT2D eigenvalue weighted by molar-refractivity contribution is -0.118. The number of phenols is 1. The Labute approximate surface area is 124 Å². The molecule has 0 atom stereocenters. The fraction of sp³-hybridized carbons (Fsp3) is 0.222. The fourth-order valence-electron chi connectivity index (χ4n) is 2.62. The Balaban J connectivity index is 2.09. The summed E-state index contributed by atoms with van der Waals surface area (Å²) in [5.74, 6) is 0.390. The third kappa shape index (κ3) is 3.19. The summed E-state index contributed by atoms with van der Waals surface area (Å²) >= 11 is 0. The van der Waals surface area contributed by atoms with Gasteiger partial charge in [0.05, 0.1) is 11.4 Å². The molecule has 1 heterocycles. The standard InChI is InChI=1S/C18H17NO2/c20-15-8-4-7-14(11-15)18-12-16(21)9-3-6-13-5-1-2-10-17(13)19-18/h1-2,4-5,7-8,10-11,20H,3,6,9,12H2. The minimum Gasteiger partial charge on any atom is -0.508 e. The van der Waals surface area contributed by atoms with Crippen molar-refractivity contribution in [3.63, 3.8) is 0 Å². The molecule has 1 N–H and O–H groups in total. The van der Waals surface area contributed by atoms with E-state index in [9.17, 15) is 9.90 Å². The number of fused-ring (bicyclic) bond motifs is 1. The first-order valence-electron chi connectivity index (χ1n) is 7.19. The highest BCUT2D eigenvalue weighted by Crippen LogP contribution is 2.25. The molecule has 2 aromatic rings. The lowest BCUT2D eigenvalue weighted by Gasteiger charge is -2.07. The van der Waals surface area contributed by atoms with Gasteiger partial charge in [0, 0.05) is 18.4 Å². The normalized spacial score (nSPS) is 15.4. The minimum absolute atomic E-state index is 0.191. The van der Waals surface area contributed by atoms with Gasteiger partial charge in [-0.3, -0.25) is 9.79 Å². The number of hydrogen-bond donors (Lipinski definition) is 1. The van der Waals surface area contributed by atoms with Gasteiger partial charge >= 0.3 is 0 Å². The van der Waals surface area contributed by atoms with E-state index in [2.05, 4.69) is 6.07 Å². The Morgan fingerprint density at radius 3 is 2.71 bits per heavy atom. The molecule has 3 nitrogen and oxygen atoms in total. The lowest BCUT2D eigenvalue weighted by atomic mass is 10.0. The summed E-state index contributed by atoms with van der Waals surface area (Å²) in [4.78, 5) is 16.8. The Morgan fingerprint density at radius 2 is 1.86 bits per heavy atom. The molecule has 3 rings (SSSR count). The number of aromatic hydroxyl groups is 1. The van der Waals surface area contributed by atoms with E-state index in [1.54, 1.807) is 18.2 Å². The summed E-state index contributed by atoms with van der Waals surface area (Å²) in [5.41, 5.74) is 3.63. The maximum Gasteiger partial charge on any atom is 0.138 e. The Kier molecular flexibility index (Phi) is 3.82. The van der Waals surface area contributed by atoms with Crippen LogP contribution in [-0.2, 0) is 11.2 Å². The molecule has 21 heavy (non-hydrogen) atoms. The third-order valence-electron chi connectivity index (χ3n) is 3.69. The first-order valence-corrected chi connectivity index (χ1v) is 7.19. The molecule has 0 radical (unpaired) electrons. The first-order chi connectivity index (χ1) is 10.2. The highest BCUT2D eigenvalue weighted by molar-refractivity contribution is 6.12. The maximum atomic E-state index is 12.1. The van der Waals surface area contributed by atoms with Crippen molar-refractivity contribution in [2.75, 3.05) is 0 Å². The quantitative estimate of drug-likeness (QED) is 0.863. The van der Waals surface area contributed by atoms with Crippen molar-refractivity contribution >= 4 is 17.2 Å². The number of aryl methyl sites for hydroxylation is 1. The predicted molar refractivity (Wildman–Crippen MR) is 83.3 cm³/mol. The zero-order valence-electron chi connectivity index (χ0n) is 11.7. The van der Waals surface area contributed by atoms with Gasteiger partial charge in [0.15, 0.2) is 0 Å². The van der Waals surface area contributed by atoms with E-state index < -0.39 is 0 Å². The lowest BCUT2D eigenvalue weighted by Crippen LogP contribution is -2.08. The van der Waals surface area contributed by atoms with E-state index in [1.165, 1.54) is 5.56 Å². The zero-order valence-corrected chi connectivity index (χ0v) is 11.7. The monoisotopic (exact) mass is 279 g/mol. The van der Waals surface area contributed by atoms with E-state index in [0.717, 1.165) is 29.8 Å². The molecule has 0 fully saturated rings. The second kappa shape index (κ2) is 5.92. The molecule has 0 spiro atoms. The predicted octanol–water partition coefficient (Wildman–Crippen LogP) is 3.81. The number of benzene rings is 2. The molecule has 0 aliphatic carbocycles. The summed E-state index contributed by atoms with van der Waals surface area (Å²) in [6.45, 7) is 0. The molecule has 1 aliphatic heterocycles. The van der Waals surface area contributed by atoms with Gasteiger partial charge in [0.1, 0.15) is 11.5 Å². The summed E-state index contributed by atoms with van der Waals surface area (Å²) in [5, 5.41) is 9.65. The molecule has 0 saturated carbocycles. The van der Waals surface area contributed by atoms with Gasteiger partial charge < -0.3 is 5.11 Å². The van der Waals surface area contributed by atoms with Gasteiger partial charge in [-0.1, -0.05) is 30.3 Å². The largest absolute Gasteiger partial charge is 0.508 e. The second-order valence-corrected chi connectivity index (χ2v) is 5.31. The fourth-order valence-corrected chi connectivity index (χ4v) is 2.62. The van der Waals surface area contributed by atoms with E-state index in [1.807, 2.05) is 24.3 Å². The van der Waals surface area contributed by atoms with Crippen molar-refractivity contribution in [2.24, 2.45) is 4.99 Å². The number of nitrogens with zero attached hydrogens (tertiary/aromatic N) is 1. The van der Waals surface area contributed by atoms with E-state index in [0.29, 0.717) is 12.8 Å². The maximum absolute atomic E-state index is 12.1. The number of carbonyl (C=O) groups excluding carboxylic acids is 1. The topological polar surface area (TPSA) is 49.7 Å². The average Bonchev–Trinajstić information content (AvgIpc) is 2.55. The van der Waals surface area contributed by atoms with Crippen molar-refractivity contribution in [3.8, 4) is 5.75 Å². The van der Waals surface area contributed by atoms with Crippen LogP contribution in [-0.4, -0.2) is 16.6 Å². The molecule has 1 aliphatic rings. The van der Waals surface area contributed by atoms with Crippen molar-refractivity contribution in [3.05, 3.63) is 59.7 Å². The van der Waals surface area contributed by atoms with Gasteiger partial charge in [-0.2, -0.15) is 0 Å². The molecule has 0 aromatic heterocycles. The second-order valence-electron chi connectivity index (χ2n) is 5.31. The van der Waals surface area contributed by atoms with Crippen LogP contribution in [0.4, 0.5) is 5.69 Å². The van der Waals surface area contributed by atoms with Crippen LogP contribution in [0.25, 0.3) is 0 Å². The van der Waals surface area contributed by atoms with Gasteiger partial charge in [0.2, 0.25) is 0 Å². The molecule has 0 amide bonds. The minimum atomic E-state index is 0.191. The molecule has 106 valence electrons. The van der Waals surface area contributed by atoms with Crippen LogP contribution in [0, 0.1) is 0 Å². The molecule has 0 bridgehead atoms. The van der Waals surface area contributed by atoms with Crippen molar-refractivity contribution in [1.82, 2.24) is 0 Å². The molecule has 2 aromatic carbocycles. The number of ketones is 1. The smallest absolute Gasteiger partial charge is 0.138 e. The first kappa shape index (κ1) is 13.6.